The van der Waals surface area contributed by atoms with E-state index in [1.165, 1.54) is 11.5 Å². The first-order chi connectivity index (χ1) is 7.63. The molecule has 0 fully saturated rings. The highest BCUT2D eigenvalue weighted by Gasteiger charge is 2.12. The van der Waals surface area contributed by atoms with Crippen LogP contribution in [0.5, 0.6) is 0 Å². The van der Waals surface area contributed by atoms with Gasteiger partial charge in [0.05, 0.1) is 13.0 Å². The van der Waals surface area contributed by atoms with Gasteiger partial charge in [0, 0.05) is 22.5 Å². The third-order valence-electron chi connectivity index (χ3n) is 1.77. The summed E-state index contributed by atoms with van der Waals surface area (Å²) in [6.45, 7) is 4.21. The number of esters is 1. The summed E-state index contributed by atoms with van der Waals surface area (Å²) in [5.41, 5.74) is 0.785. The maximum absolute atomic E-state index is 11.2. The lowest BCUT2D eigenvalue weighted by molar-refractivity contribution is -0.142. The molecular weight excluding hydrogens is 268 g/mol. The zero-order valence-electron chi connectivity index (χ0n) is 9.10. The van der Waals surface area contributed by atoms with Gasteiger partial charge in [0.15, 0.2) is 0 Å². The monoisotopic (exact) mass is 280 g/mol. The number of aromatic nitrogens is 2. The van der Waals surface area contributed by atoms with Gasteiger partial charge in [-0.05, 0) is 6.92 Å². The maximum Gasteiger partial charge on any atom is 0.306 e. The molecule has 0 aliphatic heterocycles. The van der Waals surface area contributed by atoms with Crippen molar-refractivity contribution in [1.82, 2.24) is 9.59 Å². The summed E-state index contributed by atoms with van der Waals surface area (Å²) in [5.74, 6) is 0.514. The lowest BCUT2D eigenvalue weighted by Crippen LogP contribution is -2.10. The van der Waals surface area contributed by atoms with Crippen LogP contribution in [0.2, 0.25) is 4.34 Å². The predicted octanol–water partition coefficient (Wildman–Crippen LogP) is 2.77. The van der Waals surface area contributed by atoms with Crippen molar-refractivity contribution < 1.29 is 9.53 Å². The van der Waals surface area contributed by atoms with Gasteiger partial charge in [0.25, 0.3) is 0 Å². The van der Waals surface area contributed by atoms with E-state index >= 15 is 0 Å². The van der Waals surface area contributed by atoms with Crippen LogP contribution in [0.25, 0.3) is 0 Å². The summed E-state index contributed by atoms with van der Waals surface area (Å²) in [5, 5.41) is 4.09. The minimum absolute atomic E-state index is 0.162. The molecular formula is C9H13ClN2O2S2. The molecule has 1 aromatic heterocycles. The quantitative estimate of drug-likeness (QED) is 0.750. The van der Waals surface area contributed by atoms with E-state index in [0.29, 0.717) is 23.1 Å². The molecule has 0 unspecified atom stereocenters. The summed E-state index contributed by atoms with van der Waals surface area (Å²) < 4.78 is 9.23. The highest BCUT2D eigenvalue weighted by Crippen LogP contribution is 2.25. The van der Waals surface area contributed by atoms with Crippen molar-refractivity contribution in [1.29, 1.82) is 0 Å². The van der Waals surface area contributed by atoms with E-state index in [1.807, 2.05) is 6.92 Å². The van der Waals surface area contributed by atoms with Crippen molar-refractivity contribution in [2.24, 2.45) is 0 Å². The number of ether oxygens (including phenoxy) is 1. The molecule has 0 aliphatic carbocycles. The highest BCUT2D eigenvalue weighted by molar-refractivity contribution is 7.99. The number of carbonyl (C=O) groups is 1. The van der Waals surface area contributed by atoms with Crippen molar-refractivity contribution in [2.75, 3.05) is 6.61 Å². The van der Waals surface area contributed by atoms with Crippen molar-refractivity contribution in [3.63, 3.8) is 0 Å². The molecule has 1 rings (SSSR count). The topological polar surface area (TPSA) is 52.1 Å². The Morgan fingerprint density at radius 2 is 2.44 bits per heavy atom. The summed E-state index contributed by atoms with van der Waals surface area (Å²) >= 11 is 8.67. The van der Waals surface area contributed by atoms with Crippen LogP contribution in [0.1, 0.15) is 26.0 Å². The molecule has 0 N–H and O–H groups in total. The van der Waals surface area contributed by atoms with Crippen LogP contribution in [0.15, 0.2) is 0 Å². The molecule has 0 aliphatic rings. The minimum atomic E-state index is -0.162. The zero-order chi connectivity index (χ0) is 12.0. The molecule has 0 spiro atoms. The van der Waals surface area contributed by atoms with Crippen LogP contribution in [-0.4, -0.2) is 27.4 Å². The average Bonchev–Trinajstić information content (AvgIpc) is 2.61. The van der Waals surface area contributed by atoms with Gasteiger partial charge in [0.2, 0.25) is 0 Å². The Kier molecular flexibility index (Phi) is 6.08. The summed E-state index contributed by atoms with van der Waals surface area (Å²) in [6, 6.07) is 0. The molecule has 0 radical (unpaired) electrons. The standard InChI is InChI=1S/C9H13ClN2O2S2/c1-3-14-8(13)4-6(2)15-5-7-9(10)16-12-11-7/h6H,3-5H2,1-2H3/t6-/m1/s1. The van der Waals surface area contributed by atoms with Crippen LogP contribution in [0, 0.1) is 0 Å². The lowest BCUT2D eigenvalue weighted by Gasteiger charge is -2.09. The van der Waals surface area contributed by atoms with Crippen LogP contribution < -0.4 is 0 Å². The SMILES string of the molecule is CCOC(=O)C[C@@H](C)SCc1nnsc1Cl. The number of carbonyl (C=O) groups excluding carboxylic acids is 1. The van der Waals surface area contributed by atoms with Crippen molar-refractivity contribution in [3.05, 3.63) is 10.0 Å². The van der Waals surface area contributed by atoms with Crippen molar-refractivity contribution >= 4 is 40.9 Å². The Bertz CT molecular complexity index is 346. The third kappa shape index (κ3) is 4.67. The molecule has 1 atom stereocenters. The second kappa shape index (κ2) is 7.09. The first-order valence-corrected chi connectivity index (χ1v) is 7.07. The second-order valence-corrected chi connectivity index (χ2v) is 5.91. The molecule has 0 saturated carbocycles. The summed E-state index contributed by atoms with van der Waals surface area (Å²) in [7, 11) is 0. The van der Waals surface area contributed by atoms with E-state index in [4.69, 9.17) is 16.3 Å². The van der Waals surface area contributed by atoms with E-state index < -0.39 is 0 Å². The number of thioether (sulfide) groups is 1. The molecule has 0 amide bonds. The van der Waals surface area contributed by atoms with Crippen molar-refractivity contribution in [2.45, 2.75) is 31.3 Å². The lowest BCUT2D eigenvalue weighted by atomic mass is 10.3. The minimum Gasteiger partial charge on any atom is -0.466 e. The fourth-order valence-electron chi connectivity index (χ4n) is 1.02. The summed E-state index contributed by atoms with van der Waals surface area (Å²) in [6.07, 6.45) is 0.410. The Morgan fingerprint density at radius 1 is 1.69 bits per heavy atom. The second-order valence-electron chi connectivity index (χ2n) is 3.12. The van der Waals surface area contributed by atoms with Gasteiger partial charge in [-0.2, -0.15) is 11.8 Å². The Hall–Kier alpha value is -0.330. The van der Waals surface area contributed by atoms with Gasteiger partial charge in [-0.3, -0.25) is 4.79 Å². The van der Waals surface area contributed by atoms with Gasteiger partial charge >= 0.3 is 5.97 Å². The zero-order valence-corrected chi connectivity index (χ0v) is 11.5. The molecule has 16 heavy (non-hydrogen) atoms. The Morgan fingerprint density at radius 3 is 3.00 bits per heavy atom. The smallest absolute Gasteiger partial charge is 0.306 e. The van der Waals surface area contributed by atoms with Gasteiger partial charge in [0.1, 0.15) is 10.0 Å². The fraction of sp³-hybridized carbons (Fsp3) is 0.667. The van der Waals surface area contributed by atoms with Gasteiger partial charge in [-0.1, -0.05) is 23.0 Å². The predicted molar refractivity (Wildman–Crippen MR) is 66.9 cm³/mol. The fourth-order valence-corrected chi connectivity index (χ4v) is 2.71. The van der Waals surface area contributed by atoms with Gasteiger partial charge in [-0.25, -0.2) is 0 Å². The van der Waals surface area contributed by atoms with Crippen LogP contribution >= 0.6 is 34.9 Å². The van der Waals surface area contributed by atoms with E-state index in [-0.39, 0.29) is 11.2 Å². The molecule has 90 valence electrons. The van der Waals surface area contributed by atoms with Gasteiger partial charge in [-0.15, -0.1) is 5.10 Å². The van der Waals surface area contributed by atoms with Crippen LogP contribution in [0.3, 0.4) is 0 Å². The Balaban J connectivity index is 2.27. The third-order valence-corrected chi connectivity index (χ3v) is 3.93. The van der Waals surface area contributed by atoms with E-state index in [1.54, 1.807) is 18.7 Å². The molecule has 0 saturated heterocycles. The molecule has 0 bridgehead atoms. The molecule has 1 heterocycles. The normalized spacial score (nSPS) is 12.4. The number of rotatable bonds is 6. The summed E-state index contributed by atoms with van der Waals surface area (Å²) in [4.78, 5) is 11.2. The number of hydrogen-bond donors (Lipinski definition) is 0. The first-order valence-electron chi connectivity index (χ1n) is 4.87. The number of halogens is 1. The molecule has 7 heteroatoms. The first kappa shape index (κ1) is 13.7. The molecule has 1 aromatic rings. The Labute approximate surface area is 108 Å². The average molecular weight is 281 g/mol. The molecule has 0 aromatic carbocycles. The highest BCUT2D eigenvalue weighted by atomic mass is 35.5. The van der Waals surface area contributed by atoms with Gasteiger partial charge < -0.3 is 4.74 Å². The van der Waals surface area contributed by atoms with Crippen LogP contribution in [0.4, 0.5) is 0 Å². The largest absolute Gasteiger partial charge is 0.466 e. The maximum atomic E-state index is 11.2. The van der Waals surface area contributed by atoms with Crippen LogP contribution in [-0.2, 0) is 15.3 Å². The van der Waals surface area contributed by atoms with E-state index in [0.717, 1.165) is 5.69 Å². The van der Waals surface area contributed by atoms with Crippen molar-refractivity contribution in [3.8, 4) is 0 Å². The number of nitrogens with zero attached hydrogens (tertiary/aromatic N) is 2. The molecule has 4 nitrogen and oxygen atoms in total. The number of hydrogen-bond acceptors (Lipinski definition) is 6. The van der Waals surface area contributed by atoms with E-state index in [2.05, 4.69) is 9.59 Å². The van der Waals surface area contributed by atoms with E-state index in [9.17, 15) is 4.79 Å².